The fraction of sp³-hybridized carbons (Fsp3) is 0.400. The molecule has 4 aliphatic heterocycles. The molecule has 0 radical (unpaired) electrons. The Morgan fingerprint density at radius 2 is 2.02 bits per heavy atom. The Kier molecular flexibility index (Phi) is 5.08. The standard InChI is InChI=1S/C30H32N8O3/c1-39-24-4-2-20(3-5-24)15-37-22-8-23(37)17-36(16-22)29-14-33-28(13-34-29)27-9-25(41-19-26-12-32-6-7-40-26)18-38-30(27)21(10-31)11-35-38/h2-5,9,11,13-14,18,22-23,26,32H,6-8,12,15-17,19H2,1H3/t22?,23?,26-/m1/s1/i6D2,7D2,12D2,26D. The van der Waals surface area contributed by atoms with Crippen molar-refractivity contribution in [3.63, 3.8) is 0 Å². The van der Waals surface area contributed by atoms with E-state index in [9.17, 15) is 5.26 Å². The molecule has 0 amide bonds. The van der Waals surface area contributed by atoms with Gasteiger partial charge >= 0.3 is 0 Å². The Morgan fingerprint density at radius 1 is 1.17 bits per heavy atom. The molecule has 2 unspecified atom stereocenters. The van der Waals surface area contributed by atoms with Crippen LogP contribution in [0.25, 0.3) is 16.8 Å². The number of nitriles is 1. The SMILES string of the molecule is [2H]C1([2H])NC([2H])([2H])[C@]([2H])(COc2cc(-c3cnc(N4CC5CC(C4)N5Cc4ccc(OC)cc4)cn3)c3c(C#N)cnn3c2)OC1([2H])[2H]. The molecule has 8 rings (SSSR count). The highest BCUT2D eigenvalue weighted by molar-refractivity contribution is 5.83. The van der Waals surface area contributed by atoms with Gasteiger partial charge in [0.1, 0.15) is 36.1 Å². The molecule has 1 aromatic carbocycles. The van der Waals surface area contributed by atoms with Crippen molar-refractivity contribution in [2.75, 3.05) is 51.3 Å². The van der Waals surface area contributed by atoms with Crippen LogP contribution in [0.2, 0.25) is 0 Å². The Morgan fingerprint density at radius 3 is 2.78 bits per heavy atom. The van der Waals surface area contributed by atoms with Gasteiger partial charge in [-0.3, -0.25) is 9.88 Å². The molecule has 4 saturated heterocycles. The van der Waals surface area contributed by atoms with Crippen LogP contribution in [0.1, 0.15) is 27.1 Å². The second-order valence-electron chi connectivity index (χ2n) is 10.1. The van der Waals surface area contributed by atoms with Crippen LogP contribution in [0, 0.1) is 11.3 Å². The summed E-state index contributed by atoms with van der Waals surface area (Å²) < 4.78 is 73.7. The lowest BCUT2D eigenvalue weighted by Gasteiger charge is -2.56. The van der Waals surface area contributed by atoms with Gasteiger partial charge in [-0.05, 0) is 30.2 Å². The topological polar surface area (TPSA) is 113 Å². The number of hydrogen-bond donors (Lipinski definition) is 1. The number of hydrogen-bond acceptors (Lipinski definition) is 10. The summed E-state index contributed by atoms with van der Waals surface area (Å²) in [6, 6.07) is 12.6. The zero-order valence-corrected chi connectivity index (χ0v) is 22.2. The van der Waals surface area contributed by atoms with Crippen LogP contribution >= 0.6 is 0 Å². The van der Waals surface area contributed by atoms with Gasteiger partial charge in [-0.2, -0.15) is 10.4 Å². The summed E-state index contributed by atoms with van der Waals surface area (Å²) in [5.74, 6) is 1.66. The van der Waals surface area contributed by atoms with E-state index in [2.05, 4.69) is 38.1 Å². The van der Waals surface area contributed by atoms with Crippen LogP contribution in [0.15, 0.2) is 55.1 Å². The number of piperazine rings is 1. The van der Waals surface area contributed by atoms with Crippen molar-refractivity contribution in [2.24, 2.45) is 0 Å². The Bertz CT molecular complexity index is 1870. The second-order valence-corrected chi connectivity index (χ2v) is 10.1. The van der Waals surface area contributed by atoms with E-state index in [1.54, 1.807) is 25.6 Å². The van der Waals surface area contributed by atoms with Crippen LogP contribution < -0.4 is 19.7 Å². The maximum atomic E-state index is 9.76. The number of ether oxygens (including phenoxy) is 3. The third kappa shape index (κ3) is 5.06. The van der Waals surface area contributed by atoms with Crippen LogP contribution in [0.5, 0.6) is 11.5 Å². The first-order valence-corrected chi connectivity index (χ1v) is 13.2. The summed E-state index contributed by atoms with van der Waals surface area (Å²) in [6.07, 6.45) is 4.57. The van der Waals surface area contributed by atoms with Gasteiger partial charge in [-0.15, -0.1) is 0 Å². The molecule has 11 nitrogen and oxygen atoms in total. The number of benzene rings is 1. The molecular weight excluding hydrogens is 520 g/mol. The molecule has 0 aliphatic carbocycles. The lowest BCUT2D eigenvalue weighted by Crippen LogP contribution is -2.68. The van der Waals surface area contributed by atoms with E-state index in [0.717, 1.165) is 37.6 Å². The molecule has 3 aromatic heterocycles. The average Bonchev–Trinajstić information content (AvgIpc) is 3.48. The number of pyridine rings is 1. The largest absolute Gasteiger partial charge is 0.497 e. The first-order chi connectivity index (χ1) is 22.7. The minimum Gasteiger partial charge on any atom is -0.497 e. The van der Waals surface area contributed by atoms with Crippen LogP contribution in [0.3, 0.4) is 0 Å². The van der Waals surface area contributed by atoms with Gasteiger partial charge in [0.25, 0.3) is 0 Å². The van der Waals surface area contributed by atoms with Gasteiger partial charge in [0.05, 0.1) is 59.3 Å². The second kappa shape index (κ2) is 11.0. The number of nitrogens with one attached hydrogen (secondary N) is 1. The Labute approximate surface area is 248 Å². The van der Waals surface area contributed by atoms with E-state index >= 15 is 0 Å². The van der Waals surface area contributed by atoms with E-state index in [4.69, 9.17) is 28.8 Å². The smallest absolute Gasteiger partial charge is 0.147 e. The minimum absolute atomic E-state index is 0.101. The summed E-state index contributed by atoms with van der Waals surface area (Å²) in [7, 11) is 1.66. The quantitative estimate of drug-likeness (QED) is 0.346. The number of methoxy groups -OCH3 is 1. The monoisotopic (exact) mass is 559 g/mol. The lowest BCUT2D eigenvalue weighted by atomic mass is 9.87. The molecule has 210 valence electrons. The summed E-state index contributed by atoms with van der Waals surface area (Å²) in [5, 5.41) is 15.9. The van der Waals surface area contributed by atoms with Crippen molar-refractivity contribution >= 4 is 11.3 Å². The Hall–Kier alpha value is -4.24. The number of fused-ring (bicyclic) bond motifs is 3. The van der Waals surface area contributed by atoms with Crippen molar-refractivity contribution in [1.82, 2.24) is 29.8 Å². The van der Waals surface area contributed by atoms with E-state index in [1.807, 2.05) is 17.4 Å². The van der Waals surface area contributed by atoms with Gasteiger partial charge in [-0.25, -0.2) is 9.50 Å². The fourth-order valence-electron chi connectivity index (χ4n) is 5.60. The van der Waals surface area contributed by atoms with Gasteiger partial charge in [0.15, 0.2) is 0 Å². The van der Waals surface area contributed by atoms with Crippen LogP contribution in [-0.4, -0.2) is 89.0 Å². The first kappa shape index (κ1) is 19.0. The van der Waals surface area contributed by atoms with Crippen molar-refractivity contribution < 1.29 is 23.8 Å². The first-order valence-electron chi connectivity index (χ1n) is 16.7. The van der Waals surface area contributed by atoms with E-state index < -0.39 is 32.2 Å². The van der Waals surface area contributed by atoms with Crippen LogP contribution in [-0.2, 0) is 11.3 Å². The number of aromatic nitrogens is 4. The molecule has 2 bridgehead atoms. The van der Waals surface area contributed by atoms with Crippen molar-refractivity contribution in [2.45, 2.75) is 31.1 Å². The molecule has 4 fully saturated rings. The average molecular weight is 560 g/mol. The van der Waals surface area contributed by atoms with Gasteiger partial charge in [0, 0.05) is 55.8 Å². The zero-order valence-electron chi connectivity index (χ0n) is 29.2. The molecule has 3 atom stereocenters. The number of anilines is 1. The maximum absolute atomic E-state index is 9.76. The van der Waals surface area contributed by atoms with E-state index in [-0.39, 0.29) is 11.3 Å². The lowest BCUT2D eigenvalue weighted by molar-refractivity contribution is -0.00870. The normalized spacial score (nSPS) is 30.2. The predicted molar refractivity (Wildman–Crippen MR) is 152 cm³/mol. The van der Waals surface area contributed by atoms with E-state index in [0.29, 0.717) is 28.9 Å². The number of rotatable bonds is 8. The summed E-state index contributed by atoms with van der Waals surface area (Å²) >= 11 is 0. The van der Waals surface area contributed by atoms with Gasteiger partial charge in [-0.1, -0.05) is 12.1 Å². The highest BCUT2D eigenvalue weighted by Crippen LogP contribution is 2.36. The maximum Gasteiger partial charge on any atom is 0.147 e. The molecule has 0 spiro atoms. The van der Waals surface area contributed by atoms with Crippen molar-refractivity contribution in [3.8, 4) is 28.8 Å². The minimum atomic E-state index is -3.02. The number of morpholine rings is 1. The van der Waals surface area contributed by atoms with Gasteiger partial charge < -0.3 is 24.4 Å². The predicted octanol–water partition coefficient (Wildman–Crippen LogP) is 2.50. The third-order valence-corrected chi connectivity index (χ3v) is 7.67. The van der Waals surface area contributed by atoms with Gasteiger partial charge in [0.2, 0.25) is 0 Å². The van der Waals surface area contributed by atoms with Crippen molar-refractivity contribution in [1.29, 1.82) is 5.26 Å². The Balaban J connectivity index is 1.09. The summed E-state index contributed by atoms with van der Waals surface area (Å²) in [5.41, 5.74) is 2.82. The van der Waals surface area contributed by atoms with Crippen molar-refractivity contribution in [3.05, 3.63) is 66.2 Å². The van der Waals surface area contributed by atoms with Crippen LogP contribution in [0.4, 0.5) is 5.82 Å². The fourth-order valence-corrected chi connectivity index (χ4v) is 5.60. The molecular formula is C30H32N8O3. The molecule has 4 aromatic rings. The number of nitrogens with zero attached hydrogens (tertiary/aromatic N) is 7. The summed E-state index contributed by atoms with van der Waals surface area (Å²) in [4.78, 5) is 14.1. The molecule has 0 saturated carbocycles. The molecule has 11 heteroatoms. The highest BCUT2D eigenvalue weighted by Gasteiger charge is 2.44. The molecule has 4 aliphatic rings. The molecule has 1 N–H and O–H groups in total. The third-order valence-electron chi connectivity index (χ3n) is 7.67. The number of piperidine rings is 1. The summed E-state index contributed by atoms with van der Waals surface area (Å²) in [6.45, 7) is -7.05. The van der Waals surface area contributed by atoms with E-state index in [1.165, 1.54) is 22.5 Å². The molecule has 41 heavy (non-hydrogen) atoms. The molecule has 7 heterocycles. The zero-order chi connectivity index (χ0) is 34.1. The highest BCUT2D eigenvalue weighted by atomic mass is 16.5.